The molecular formula is CH4Cl5N3NaOP. The number of halogens is 5. The van der Waals surface area contributed by atoms with Crippen molar-refractivity contribution in [3.8, 4) is 0 Å². The summed E-state index contributed by atoms with van der Waals surface area (Å²) in [6.45, 7) is 0. The van der Waals surface area contributed by atoms with Gasteiger partial charge in [-0.2, -0.15) is 0 Å². The van der Waals surface area contributed by atoms with E-state index in [0.29, 0.717) is 0 Å². The van der Waals surface area contributed by atoms with Crippen LogP contribution in [0.4, 0.5) is 0 Å². The molecule has 0 aliphatic carbocycles. The predicted octanol–water partition coefficient (Wildman–Crippen LogP) is 1.79. The van der Waals surface area contributed by atoms with Crippen molar-refractivity contribution in [3.63, 3.8) is 0 Å². The first kappa shape index (κ1) is 23.8. The van der Waals surface area contributed by atoms with Crippen molar-refractivity contribution in [3.05, 3.63) is 16.0 Å². The van der Waals surface area contributed by atoms with E-state index in [9.17, 15) is 0 Å². The molecule has 0 aliphatic rings. The van der Waals surface area contributed by atoms with Gasteiger partial charge in [0.15, 0.2) is 0 Å². The van der Waals surface area contributed by atoms with Gasteiger partial charge in [-0.1, -0.05) is 0 Å². The molecule has 0 aromatic rings. The van der Waals surface area contributed by atoms with Crippen LogP contribution < -0.4 is 29.6 Å². The van der Waals surface area contributed by atoms with Gasteiger partial charge in [-0.3, -0.25) is 4.91 Å². The minimum atomic E-state index is -3.69. The molecule has 0 fully saturated rings. The van der Waals surface area contributed by atoms with E-state index >= 15 is 0 Å². The van der Waals surface area contributed by atoms with Crippen molar-refractivity contribution in [2.24, 2.45) is 0 Å². The van der Waals surface area contributed by atoms with Crippen LogP contribution in [0.5, 0.6) is 0 Å². The van der Waals surface area contributed by atoms with Crippen molar-refractivity contribution in [2.45, 2.75) is 0 Å². The number of aliphatic hydroxyl groups is 1. The van der Waals surface area contributed by atoms with Crippen LogP contribution in [0.1, 0.15) is 0 Å². The summed E-state index contributed by atoms with van der Waals surface area (Å²) in [5.41, 5.74) is 13.5. The second-order valence-electron chi connectivity index (χ2n) is 0.728. The van der Waals surface area contributed by atoms with Crippen molar-refractivity contribution >= 4 is 59.6 Å². The molecule has 0 radical (unpaired) electrons. The second kappa shape index (κ2) is 11.2. The van der Waals surface area contributed by atoms with E-state index < -0.39 is 3.37 Å². The van der Waals surface area contributed by atoms with Gasteiger partial charge in [0, 0.05) is 7.11 Å². The molecule has 0 saturated carbocycles. The fourth-order valence-electron chi connectivity index (χ4n) is 0. The summed E-state index contributed by atoms with van der Waals surface area (Å²) in [4.78, 5) is 1.50. The molecule has 0 aromatic heterocycles. The second-order valence-corrected chi connectivity index (χ2v) is 17.3. The van der Waals surface area contributed by atoms with Crippen LogP contribution in [0.3, 0.4) is 0 Å². The van der Waals surface area contributed by atoms with Gasteiger partial charge < -0.3 is 16.2 Å². The zero-order valence-corrected chi connectivity index (χ0v) is 12.8. The van der Waals surface area contributed by atoms with Crippen LogP contribution in [0.15, 0.2) is 0 Å². The maximum absolute atomic E-state index is 7.00. The molecule has 0 heterocycles. The van der Waals surface area contributed by atoms with Gasteiger partial charge in [0.2, 0.25) is 0 Å². The van der Waals surface area contributed by atoms with E-state index in [1.165, 1.54) is 4.91 Å². The van der Waals surface area contributed by atoms with Gasteiger partial charge >= 0.3 is 89.1 Å². The van der Waals surface area contributed by atoms with Crippen LogP contribution in [0.25, 0.3) is 16.0 Å². The standard InChI is InChI=1S/CH4O.Cl5P.N3.Na/c1-2;1-6(2,3,4)5;1-3-2;/h2H,1H3;;;/q;;-1;+1. The normalized spacial score (nSPS) is 10.8. The average Bonchev–Trinajstić information content (AvgIpc) is 1.65. The van der Waals surface area contributed by atoms with Gasteiger partial charge in [0.05, 0.1) is 0 Å². The molecule has 0 saturated heterocycles. The van der Waals surface area contributed by atoms with Gasteiger partial charge in [-0.25, -0.2) is 0 Å². The Kier molecular flexibility index (Phi) is 22.2. The van der Waals surface area contributed by atoms with Crippen molar-refractivity contribution in [2.75, 3.05) is 7.11 Å². The van der Waals surface area contributed by atoms with Crippen LogP contribution in [0, 0.1) is 0 Å². The van der Waals surface area contributed by atoms with Crippen LogP contribution in [-0.4, -0.2) is 12.2 Å². The molecule has 0 spiro atoms. The third-order valence-corrected chi connectivity index (χ3v) is 0. The first-order chi connectivity index (χ1) is 4.65. The van der Waals surface area contributed by atoms with Crippen LogP contribution in [-0.2, 0) is 0 Å². The largest absolute Gasteiger partial charge is 1.00 e. The summed E-state index contributed by atoms with van der Waals surface area (Å²) in [6.07, 6.45) is 0. The first-order valence-electron chi connectivity index (χ1n) is 1.69. The Morgan fingerprint density at radius 1 is 1.00 bits per heavy atom. The third-order valence-electron chi connectivity index (χ3n) is 0. The van der Waals surface area contributed by atoms with E-state index in [0.717, 1.165) is 7.11 Å². The molecule has 4 nitrogen and oxygen atoms in total. The van der Waals surface area contributed by atoms with Gasteiger partial charge in [-0.15, -0.1) is 0 Å². The summed E-state index contributed by atoms with van der Waals surface area (Å²) in [6, 6.07) is 0. The molecule has 12 heavy (non-hydrogen) atoms. The van der Waals surface area contributed by atoms with E-state index in [2.05, 4.69) is 0 Å². The molecule has 70 valence electrons. The van der Waals surface area contributed by atoms with Crippen LogP contribution >= 0.6 is 59.6 Å². The molecule has 0 unspecified atom stereocenters. The first-order valence-corrected chi connectivity index (χ1v) is 8.45. The summed E-state index contributed by atoms with van der Waals surface area (Å²) < 4.78 is -3.69. The number of aliphatic hydroxyl groups excluding tert-OH is 1. The Balaban J connectivity index is -0.0000000462. The maximum atomic E-state index is 7.00. The Labute approximate surface area is 116 Å². The number of rotatable bonds is 0. The molecule has 0 bridgehead atoms. The Morgan fingerprint density at radius 3 is 1.00 bits per heavy atom. The molecule has 11 heteroatoms. The predicted molar refractivity (Wildman–Crippen MR) is 54.4 cm³/mol. The van der Waals surface area contributed by atoms with Crippen molar-refractivity contribution < 1.29 is 34.7 Å². The zero-order valence-electron chi connectivity index (χ0n) is 6.13. The van der Waals surface area contributed by atoms with E-state index in [4.69, 9.17) is 72.4 Å². The summed E-state index contributed by atoms with van der Waals surface area (Å²) in [5, 5.41) is 7.00. The monoisotopic (exact) mass is 303 g/mol. The van der Waals surface area contributed by atoms with Crippen LogP contribution in [0.2, 0.25) is 0 Å². The van der Waals surface area contributed by atoms with Crippen molar-refractivity contribution in [1.82, 2.24) is 0 Å². The molecule has 0 aromatic carbocycles. The SMILES string of the molecule is CO.ClP(Cl)(Cl)(Cl)Cl.[N-]=[N+]=[N-].[Na+]. The minimum absolute atomic E-state index is 0. The fraction of sp³-hybridized carbons (Fsp3) is 1.00. The Hall–Kier alpha value is 2.15. The third kappa shape index (κ3) is 327. The Morgan fingerprint density at radius 2 is 1.00 bits per heavy atom. The average molecular weight is 305 g/mol. The van der Waals surface area contributed by atoms with E-state index in [-0.39, 0.29) is 29.6 Å². The Bertz CT molecular complexity index is 111. The molecular weight excluding hydrogens is 301 g/mol. The summed E-state index contributed by atoms with van der Waals surface area (Å²) >= 11 is 24.9. The van der Waals surface area contributed by atoms with E-state index in [1.54, 1.807) is 0 Å². The van der Waals surface area contributed by atoms with Gasteiger partial charge in [0.1, 0.15) is 0 Å². The number of nitrogens with zero attached hydrogens (tertiary/aromatic N) is 3. The smallest absolute Gasteiger partial charge is 0.373 e. The fourth-order valence-corrected chi connectivity index (χ4v) is 0. The van der Waals surface area contributed by atoms with E-state index in [1.807, 2.05) is 0 Å². The van der Waals surface area contributed by atoms with Crippen molar-refractivity contribution in [1.29, 1.82) is 0 Å². The summed E-state index contributed by atoms with van der Waals surface area (Å²) in [7, 11) is 1.00. The zero-order chi connectivity index (χ0) is 10.2. The number of hydrogen-bond acceptors (Lipinski definition) is 1. The number of hydrogen-bond donors (Lipinski definition) is 1. The molecule has 0 rings (SSSR count). The van der Waals surface area contributed by atoms with Gasteiger partial charge in [0.25, 0.3) is 0 Å². The summed E-state index contributed by atoms with van der Waals surface area (Å²) in [5.74, 6) is 0. The van der Waals surface area contributed by atoms with Gasteiger partial charge in [-0.05, 0) is 0 Å². The molecule has 0 aliphatic heterocycles. The molecule has 0 atom stereocenters. The molecule has 0 amide bonds. The minimum Gasteiger partial charge on any atom is -0.373 e. The maximum Gasteiger partial charge on any atom is 1.00 e. The quantitative estimate of drug-likeness (QED) is 0.239. The topological polar surface area (TPSA) is 78.9 Å². The molecule has 1 N–H and O–H groups in total.